The van der Waals surface area contributed by atoms with Crippen molar-refractivity contribution in [2.24, 2.45) is 0 Å². The molecule has 0 saturated carbocycles. The topological polar surface area (TPSA) is 37.3 Å². The summed E-state index contributed by atoms with van der Waals surface area (Å²) in [7, 11) is 5.92. The Morgan fingerprint density at radius 1 is 0.708 bits per heavy atom. The van der Waals surface area contributed by atoms with Crippen LogP contribution in [-0.4, -0.2) is 42.7 Å². The van der Waals surface area contributed by atoms with Crippen LogP contribution in [0.25, 0.3) is 0 Å². The number of aliphatic carboxylic acids is 1. The largest absolute Gasteiger partial charge is 0.477 e. The van der Waals surface area contributed by atoms with E-state index in [0.29, 0.717) is 4.48 Å². The van der Waals surface area contributed by atoms with Gasteiger partial charge in [0.2, 0.25) is 0 Å². The van der Waals surface area contributed by atoms with Gasteiger partial charge < -0.3 is 9.59 Å². The molecule has 0 radical (unpaired) electrons. The highest BCUT2D eigenvalue weighted by Gasteiger charge is 2.30. The van der Waals surface area contributed by atoms with Gasteiger partial charge in [0.1, 0.15) is 0 Å². The number of likely N-dealkylation sites (N-methyl/N-ethyl adjacent to an activating group) is 1. The molecule has 3 heteroatoms. The zero-order valence-corrected chi connectivity index (χ0v) is 17.0. The Balaban J connectivity index is 3.35. The van der Waals surface area contributed by atoms with E-state index in [-0.39, 0.29) is 6.04 Å². The van der Waals surface area contributed by atoms with E-state index in [1.807, 2.05) is 21.1 Å². The van der Waals surface area contributed by atoms with Crippen LogP contribution < -0.4 is 0 Å². The zero-order valence-electron chi connectivity index (χ0n) is 17.0. The quantitative estimate of drug-likeness (QED) is 0.259. The van der Waals surface area contributed by atoms with E-state index in [1.165, 1.54) is 83.5 Å². The van der Waals surface area contributed by atoms with Gasteiger partial charge in [0, 0.05) is 6.42 Å². The van der Waals surface area contributed by atoms with Gasteiger partial charge >= 0.3 is 5.97 Å². The van der Waals surface area contributed by atoms with Gasteiger partial charge in [-0.1, -0.05) is 90.4 Å². The van der Waals surface area contributed by atoms with Crippen LogP contribution in [0.1, 0.15) is 103 Å². The molecule has 0 aromatic rings. The summed E-state index contributed by atoms with van der Waals surface area (Å²) in [5, 5.41) is 9.30. The summed E-state index contributed by atoms with van der Waals surface area (Å²) in [4.78, 5) is 11.3. The van der Waals surface area contributed by atoms with Crippen molar-refractivity contribution in [3.8, 4) is 0 Å². The molecule has 1 atom stereocenters. The van der Waals surface area contributed by atoms with Crippen molar-refractivity contribution in [1.29, 1.82) is 0 Å². The molecule has 0 unspecified atom stereocenters. The average Bonchev–Trinajstić information content (AvgIpc) is 2.49. The highest BCUT2D eigenvalue weighted by Crippen LogP contribution is 2.16. The van der Waals surface area contributed by atoms with Crippen LogP contribution >= 0.6 is 0 Å². The fourth-order valence-electron chi connectivity index (χ4n) is 3.37. The minimum absolute atomic E-state index is 0.262. The van der Waals surface area contributed by atoms with Crippen LogP contribution in [-0.2, 0) is 4.79 Å². The van der Waals surface area contributed by atoms with Crippen LogP contribution in [0.3, 0.4) is 0 Å². The van der Waals surface area contributed by atoms with E-state index >= 15 is 0 Å². The number of hydrogen-bond donors (Lipinski definition) is 1. The fourth-order valence-corrected chi connectivity index (χ4v) is 3.37. The third-order valence-corrected chi connectivity index (χ3v) is 5.05. The first-order chi connectivity index (χ1) is 11.4. The minimum Gasteiger partial charge on any atom is -0.477 e. The fraction of sp³-hybridized carbons (Fsp3) is 0.952. The van der Waals surface area contributed by atoms with Gasteiger partial charge in [0.05, 0.1) is 21.1 Å². The molecule has 0 aromatic heterocycles. The van der Waals surface area contributed by atoms with Crippen LogP contribution in [0, 0.1) is 0 Å². The van der Waals surface area contributed by atoms with Gasteiger partial charge in [-0.3, -0.25) is 0 Å². The summed E-state index contributed by atoms with van der Waals surface area (Å²) < 4.78 is 0.522. The zero-order chi connectivity index (χ0) is 18.3. The van der Waals surface area contributed by atoms with Crippen LogP contribution in [0.5, 0.6) is 0 Å². The SMILES string of the molecule is CCCCCCCCCCCCCCCC[C@@H](C(=O)O)[N+](C)(C)C. The highest BCUT2D eigenvalue weighted by molar-refractivity contribution is 5.72. The van der Waals surface area contributed by atoms with Crippen molar-refractivity contribution in [2.45, 2.75) is 109 Å². The maximum atomic E-state index is 11.3. The van der Waals surface area contributed by atoms with E-state index in [1.54, 1.807) is 0 Å². The van der Waals surface area contributed by atoms with E-state index in [4.69, 9.17) is 0 Å². The van der Waals surface area contributed by atoms with Gasteiger partial charge in [-0.05, 0) is 6.42 Å². The number of carbonyl (C=O) groups is 1. The summed E-state index contributed by atoms with van der Waals surface area (Å²) >= 11 is 0. The second-order valence-corrected chi connectivity index (χ2v) is 8.36. The maximum absolute atomic E-state index is 11.3. The lowest BCUT2D eigenvalue weighted by atomic mass is 10.0. The smallest absolute Gasteiger partial charge is 0.362 e. The van der Waals surface area contributed by atoms with Gasteiger partial charge in [0.15, 0.2) is 6.04 Å². The molecule has 0 rings (SSSR count). The second-order valence-electron chi connectivity index (χ2n) is 8.36. The van der Waals surface area contributed by atoms with E-state index in [0.717, 1.165) is 12.8 Å². The number of unbranched alkanes of at least 4 members (excludes halogenated alkanes) is 13. The Kier molecular flexibility index (Phi) is 14.4. The molecule has 0 heterocycles. The van der Waals surface area contributed by atoms with Crippen molar-refractivity contribution in [3.63, 3.8) is 0 Å². The third kappa shape index (κ3) is 13.8. The number of quaternary nitrogens is 1. The number of carboxylic acid groups (broad SMARTS) is 1. The standard InChI is InChI=1S/C21H43NO2/c1-5-6-7-8-9-10-11-12-13-14-15-16-17-18-19-20(21(23)24)22(2,3)4/h20H,5-19H2,1-4H3/p+1/t20-/m0/s1. The molecule has 24 heavy (non-hydrogen) atoms. The number of nitrogens with zero attached hydrogens (tertiary/aromatic N) is 1. The van der Waals surface area contributed by atoms with E-state index in [9.17, 15) is 9.90 Å². The molecular formula is C21H44NO2+. The number of rotatable bonds is 17. The van der Waals surface area contributed by atoms with Gasteiger partial charge in [0.25, 0.3) is 0 Å². The van der Waals surface area contributed by atoms with Crippen molar-refractivity contribution in [3.05, 3.63) is 0 Å². The molecule has 144 valence electrons. The van der Waals surface area contributed by atoms with Crippen molar-refractivity contribution in [1.82, 2.24) is 0 Å². The third-order valence-electron chi connectivity index (χ3n) is 5.05. The summed E-state index contributed by atoms with van der Waals surface area (Å²) in [5.41, 5.74) is 0. The molecule has 0 spiro atoms. The number of carboxylic acids is 1. The van der Waals surface area contributed by atoms with Crippen molar-refractivity contribution >= 4 is 5.97 Å². The molecule has 3 nitrogen and oxygen atoms in total. The molecule has 1 N–H and O–H groups in total. The molecular weight excluding hydrogens is 298 g/mol. The summed E-state index contributed by atoms with van der Waals surface area (Å²) in [6.07, 6.45) is 19.6. The van der Waals surface area contributed by atoms with E-state index in [2.05, 4.69) is 6.92 Å². The molecule has 0 amide bonds. The normalized spacial score (nSPS) is 13.2. The van der Waals surface area contributed by atoms with Crippen molar-refractivity contribution < 1.29 is 14.4 Å². The summed E-state index contributed by atoms with van der Waals surface area (Å²) in [6, 6.07) is -0.262. The van der Waals surface area contributed by atoms with Gasteiger partial charge in [-0.15, -0.1) is 0 Å². The predicted molar refractivity (Wildman–Crippen MR) is 104 cm³/mol. The van der Waals surface area contributed by atoms with Gasteiger partial charge in [-0.25, -0.2) is 4.79 Å². The second kappa shape index (κ2) is 14.7. The van der Waals surface area contributed by atoms with Crippen LogP contribution in [0.15, 0.2) is 0 Å². The van der Waals surface area contributed by atoms with Crippen LogP contribution in [0.4, 0.5) is 0 Å². The Morgan fingerprint density at radius 2 is 1.04 bits per heavy atom. The average molecular weight is 343 g/mol. The summed E-state index contributed by atoms with van der Waals surface area (Å²) in [6.45, 7) is 2.27. The lowest BCUT2D eigenvalue weighted by Gasteiger charge is -2.31. The lowest BCUT2D eigenvalue weighted by molar-refractivity contribution is -0.887. The monoisotopic (exact) mass is 342 g/mol. The Labute approximate surface area is 151 Å². The minimum atomic E-state index is -0.655. The van der Waals surface area contributed by atoms with Crippen LogP contribution in [0.2, 0.25) is 0 Å². The highest BCUT2D eigenvalue weighted by atomic mass is 16.4. The Bertz CT molecular complexity index is 297. The predicted octanol–water partition coefficient (Wildman–Crippen LogP) is 6.02. The molecule has 0 fully saturated rings. The molecule has 0 bridgehead atoms. The molecule has 0 aliphatic rings. The molecule has 0 aliphatic carbocycles. The Hall–Kier alpha value is -0.570. The molecule has 0 aliphatic heterocycles. The molecule has 0 saturated heterocycles. The Morgan fingerprint density at radius 3 is 1.33 bits per heavy atom. The molecule has 0 aromatic carbocycles. The first kappa shape index (κ1) is 23.4. The van der Waals surface area contributed by atoms with Crippen molar-refractivity contribution in [2.75, 3.05) is 21.1 Å². The summed E-state index contributed by atoms with van der Waals surface area (Å²) in [5.74, 6) is -0.655. The maximum Gasteiger partial charge on any atom is 0.362 e. The van der Waals surface area contributed by atoms with E-state index < -0.39 is 5.97 Å². The van der Waals surface area contributed by atoms with Gasteiger partial charge in [-0.2, -0.15) is 0 Å². The first-order valence-corrected chi connectivity index (χ1v) is 10.4. The lowest BCUT2D eigenvalue weighted by Crippen LogP contribution is -2.49. The first-order valence-electron chi connectivity index (χ1n) is 10.4. The number of hydrogen-bond acceptors (Lipinski definition) is 1.